The summed E-state index contributed by atoms with van der Waals surface area (Å²) in [6.07, 6.45) is 3.12. The van der Waals surface area contributed by atoms with Gasteiger partial charge in [-0.05, 0) is 61.4 Å². The van der Waals surface area contributed by atoms with Crippen molar-refractivity contribution in [1.82, 2.24) is 14.5 Å². The Kier molecular flexibility index (Phi) is 6.60. The van der Waals surface area contributed by atoms with Gasteiger partial charge in [0.2, 0.25) is 0 Å². The van der Waals surface area contributed by atoms with E-state index >= 15 is 0 Å². The van der Waals surface area contributed by atoms with Crippen molar-refractivity contribution >= 4 is 26.6 Å². The Morgan fingerprint density at radius 3 is 2.11 bits per heavy atom. The lowest BCUT2D eigenvalue weighted by Gasteiger charge is -2.38. The molecular weight excluding hydrogens is 484 g/mol. The van der Waals surface area contributed by atoms with E-state index in [1.807, 2.05) is 45.3 Å². The SMILES string of the molecule is Cn1c(-c2ccc(S(C)(=O)=O)cc2)cc2ncc(-c3ccc(N4CCN(CC(C)(C)O)CC4)cc3)cc21. The summed E-state index contributed by atoms with van der Waals surface area (Å²) in [5, 5.41) is 10.1. The van der Waals surface area contributed by atoms with Crippen molar-refractivity contribution in [3.05, 3.63) is 66.9 Å². The lowest BCUT2D eigenvalue weighted by Crippen LogP contribution is -2.50. The molecular formula is C29H34N4O3S. The van der Waals surface area contributed by atoms with Crippen LogP contribution in [0.2, 0.25) is 0 Å². The molecule has 37 heavy (non-hydrogen) atoms. The number of hydrogen-bond donors (Lipinski definition) is 1. The van der Waals surface area contributed by atoms with Crippen LogP contribution in [0.3, 0.4) is 0 Å². The molecule has 4 aromatic rings. The summed E-state index contributed by atoms with van der Waals surface area (Å²) in [5.41, 5.74) is 6.55. The topological polar surface area (TPSA) is 78.7 Å². The number of aryl methyl sites for hydroxylation is 1. The Labute approximate surface area is 218 Å². The summed E-state index contributed by atoms with van der Waals surface area (Å²) in [6, 6.07) is 19.8. The van der Waals surface area contributed by atoms with Crippen molar-refractivity contribution in [3.63, 3.8) is 0 Å². The second-order valence-electron chi connectivity index (χ2n) is 10.6. The zero-order valence-corrected chi connectivity index (χ0v) is 22.7. The Morgan fingerprint density at radius 1 is 0.892 bits per heavy atom. The van der Waals surface area contributed by atoms with Gasteiger partial charge in [-0.25, -0.2) is 8.42 Å². The molecule has 0 bridgehead atoms. The predicted octanol–water partition coefficient (Wildman–Crippen LogP) is 4.20. The Balaban J connectivity index is 1.34. The summed E-state index contributed by atoms with van der Waals surface area (Å²) in [6.45, 7) is 8.19. The van der Waals surface area contributed by atoms with Gasteiger partial charge in [-0.2, -0.15) is 0 Å². The molecule has 0 unspecified atom stereocenters. The molecule has 0 aliphatic carbocycles. The largest absolute Gasteiger partial charge is 0.389 e. The van der Waals surface area contributed by atoms with Gasteiger partial charge in [0.05, 0.1) is 27.2 Å². The number of anilines is 1. The fraction of sp³-hybridized carbons (Fsp3) is 0.345. The number of pyridine rings is 1. The first-order valence-electron chi connectivity index (χ1n) is 12.5. The number of β-amino-alcohol motifs (C(OH)–C–C–N with tert-alkyl or cyclic N) is 1. The van der Waals surface area contributed by atoms with Gasteiger partial charge in [-0.3, -0.25) is 9.88 Å². The van der Waals surface area contributed by atoms with Gasteiger partial charge in [-0.15, -0.1) is 0 Å². The average Bonchev–Trinajstić information content (AvgIpc) is 3.19. The molecule has 2 aromatic carbocycles. The van der Waals surface area contributed by atoms with E-state index < -0.39 is 15.4 Å². The van der Waals surface area contributed by atoms with Crippen molar-refractivity contribution in [2.45, 2.75) is 24.3 Å². The van der Waals surface area contributed by atoms with E-state index in [1.54, 1.807) is 12.1 Å². The number of fused-ring (bicyclic) bond motifs is 1. The van der Waals surface area contributed by atoms with Crippen LogP contribution in [0.5, 0.6) is 0 Å². The number of sulfone groups is 1. The number of aliphatic hydroxyl groups is 1. The van der Waals surface area contributed by atoms with E-state index in [2.05, 4.69) is 44.7 Å². The first-order valence-corrected chi connectivity index (χ1v) is 14.4. The number of benzene rings is 2. The van der Waals surface area contributed by atoms with Gasteiger partial charge in [0, 0.05) is 63.5 Å². The van der Waals surface area contributed by atoms with Crippen LogP contribution in [0, 0.1) is 0 Å². The first kappa shape index (κ1) is 25.4. The molecule has 1 saturated heterocycles. The van der Waals surface area contributed by atoms with E-state index in [-0.39, 0.29) is 0 Å². The van der Waals surface area contributed by atoms with E-state index in [0.717, 1.165) is 59.6 Å². The van der Waals surface area contributed by atoms with Gasteiger partial charge in [-0.1, -0.05) is 24.3 Å². The molecule has 1 aliphatic rings. The lowest BCUT2D eigenvalue weighted by molar-refractivity contribution is 0.0345. The molecule has 0 amide bonds. The molecule has 1 aliphatic heterocycles. The highest BCUT2D eigenvalue weighted by molar-refractivity contribution is 7.90. The average molecular weight is 519 g/mol. The lowest BCUT2D eigenvalue weighted by atomic mass is 10.1. The molecule has 5 rings (SSSR count). The summed E-state index contributed by atoms with van der Waals surface area (Å²) < 4.78 is 25.7. The summed E-state index contributed by atoms with van der Waals surface area (Å²) in [7, 11) is -1.22. The van der Waals surface area contributed by atoms with Crippen molar-refractivity contribution in [2.24, 2.45) is 7.05 Å². The van der Waals surface area contributed by atoms with Crippen LogP contribution in [0.25, 0.3) is 33.4 Å². The molecule has 0 radical (unpaired) electrons. The van der Waals surface area contributed by atoms with E-state index in [0.29, 0.717) is 11.4 Å². The summed E-state index contributed by atoms with van der Waals surface area (Å²) in [4.78, 5) is 9.75. The molecule has 1 fully saturated rings. The zero-order valence-electron chi connectivity index (χ0n) is 21.8. The van der Waals surface area contributed by atoms with Gasteiger partial charge in [0.15, 0.2) is 9.84 Å². The van der Waals surface area contributed by atoms with Crippen molar-refractivity contribution < 1.29 is 13.5 Å². The van der Waals surface area contributed by atoms with Crippen LogP contribution in [-0.2, 0) is 16.9 Å². The summed E-state index contributed by atoms with van der Waals surface area (Å²) in [5.74, 6) is 0. The Bertz CT molecular complexity index is 1510. The van der Waals surface area contributed by atoms with Crippen LogP contribution in [0.1, 0.15) is 13.8 Å². The van der Waals surface area contributed by atoms with E-state index in [4.69, 9.17) is 4.98 Å². The molecule has 194 valence electrons. The Hall–Kier alpha value is -3.20. The first-order chi connectivity index (χ1) is 17.5. The quantitative estimate of drug-likeness (QED) is 0.412. The monoisotopic (exact) mass is 518 g/mol. The molecule has 8 heteroatoms. The molecule has 7 nitrogen and oxygen atoms in total. The standard InChI is InChI=1S/C29H34N4O3S/c1-29(2,34)20-32-13-15-33(16-14-32)24-9-5-21(6-10-24)23-17-28-26(30-19-23)18-27(31(28)3)22-7-11-25(12-8-22)37(4,35)36/h5-12,17-19,34H,13-16,20H2,1-4H3. The molecule has 1 N–H and O–H groups in total. The van der Waals surface area contributed by atoms with Gasteiger partial charge >= 0.3 is 0 Å². The number of nitrogens with zero attached hydrogens (tertiary/aromatic N) is 4. The fourth-order valence-electron chi connectivity index (χ4n) is 5.08. The van der Waals surface area contributed by atoms with Crippen LogP contribution in [0.15, 0.2) is 71.8 Å². The second-order valence-corrected chi connectivity index (χ2v) is 12.7. The number of aromatic nitrogens is 2. The van der Waals surface area contributed by atoms with Gasteiger partial charge in [0.1, 0.15) is 0 Å². The Morgan fingerprint density at radius 2 is 1.51 bits per heavy atom. The third kappa shape index (κ3) is 5.56. The van der Waals surface area contributed by atoms with Crippen LogP contribution in [-0.4, -0.2) is 72.6 Å². The maximum absolute atomic E-state index is 11.8. The minimum atomic E-state index is -3.23. The van der Waals surface area contributed by atoms with E-state index in [9.17, 15) is 13.5 Å². The molecule has 0 atom stereocenters. The minimum absolute atomic E-state index is 0.315. The highest BCUT2D eigenvalue weighted by atomic mass is 32.2. The number of rotatable bonds is 6. The second kappa shape index (κ2) is 9.59. The summed E-state index contributed by atoms with van der Waals surface area (Å²) >= 11 is 0. The maximum Gasteiger partial charge on any atom is 0.175 e. The number of piperazine rings is 1. The predicted molar refractivity (Wildman–Crippen MR) is 150 cm³/mol. The fourth-order valence-corrected chi connectivity index (χ4v) is 5.71. The maximum atomic E-state index is 11.8. The molecule has 0 saturated carbocycles. The zero-order chi connectivity index (χ0) is 26.4. The highest BCUT2D eigenvalue weighted by Gasteiger charge is 2.23. The van der Waals surface area contributed by atoms with Gasteiger partial charge < -0.3 is 14.6 Å². The smallest absolute Gasteiger partial charge is 0.175 e. The molecule has 2 aromatic heterocycles. The van der Waals surface area contributed by atoms with Crippen LogP contribution in [0.4, 0.5) is 5.69 Å². The minimum Gasteiger partial charge on any atom is -0.389 e. The van der Waals surface area contributed by atoms with Gasteiger partial charge in [0.25, 0.3) is 0 Å². The van der Waals surface area contributed by atoms with Crippen molar-refractivity contribution in [1.29, 1.82) is 0 Å². The number of hydrogen-bond acceptors (Lipinski definition) is 6. The normalized spacial score (nSPS) is 15.4. The molecule has 0 spiro atoms. The highest BCUT2D eigenvalue weighted by Crippen LogP contribution is 2.31. The van der Waals surface area contributed by atoms with Crippen molar-refractivity contribution in [2.75, 3.05) is 43.9 Å². The van der Waals surface area contributed by atoms with Crippen LogP contribution >= 0.6 is 0 Å². The molecule has 3 heterocycles. The van der Waals surface area contributed by atoms with Crippen LogP contribution < -0.4 is 4.90 Å². The third-order valence-corrected chi connectivity index (χ3v) is 8.15. The van der Waals surface area contributed by atoms with E-state index in [1.165, 1.54) is 11.9 Å². The third-order valence-electron chi connectivity index (χ3n) is 7.02. The van der Waals surface area contributed by atoms with Crippen molar-refractivity contribution in [3.8, 4) is 22.4 Å².